The molecule has 0 atom stereocenters. The van der Waals surface area contributed by atoms with Gasteiger partial charge in [0.1, 0.15) is 10.8 Å². The molecule has 2 heterocycles. The van der Waals surface area contributed by atoms with E-state index < -0.39 is 0 Å². The van der Waals surface area contributed by atoms with Crippen LogP contribution in [0.4, 0.5) is 4.39 Å². The Bertz CT molecular complexity index is 672. The molecule has 0 unspecified atom stereocenters. The molecule has 0 aliphatic rings. The van der Waals surface area contributed by atoms with Crippen LogP contribution in [0.25, 0.3) is 16.2 Å². The Kier molecular flexibility index (Phi) is 2.48. The van der Waals surface area contributed by atoms with Gasteiger partial charge in [-0.1, -0.05) is 11.3 Å². The van der Waals surface area contributed by atoms with Crippen LogP contribution in [0, 0.1) is 12.7 Å². The average molecular weight is 312 g/mol. The zero-order valence-corrected chi connectivity index (χ0v) is 11.2. The van der Waals surface area contributed by atoms with Crippen molar-refractivity contribution in [2.24, 2.45) is 0 Å². The maximum atomic E-state index is 13.1. The number of hydrogen-bond acceptors (Lipinski definition) is 3. The minimum absolute atomic E-state index is 0.274. The maximum Gasteiger partial charge on any atom is 0.212 e. The first-order valence-electron chi connectivity index (χ1n) is 4.92. The van der Waals surface area contributed by atoms with E-state index in [1.54, 1.807) is 16.6 Å². The molecule has 6 heteroatoms. The van der Waals surface area contributed by atoms with Crippen molar-refractivity contribution in [1.29, 1.82) is 0 Å². The summed E-state index contributed by atoms with van der Waals surface area (Å²) in [6.07, 6.45) is 1.85. The Morgan fingerprint density at radius 1 is 1.41 bits per heavy atom. The third-order valence-electron chi connectivity index (χ3n) is 2.36. The van der Waals surface area contributed by atoms with Gasteiger partial charge in [0.25, 0.3) is 0 Å². The van der Waals surface area contributed by atoms with E-state index >= 15 is 0 Å². The van der Waals surface area contributed by atoms with Crippen molar-refractivity contribution >= 4 is 32.2 Å². The topological polar surface area (TPSA) is 30.2 Å². The summed E-state index contributed by atoms with van der Waals surface area (Å²) in [7, 11) is 0. The summed E-state index contributed by atoms with van der Waals surface area (Å²) < 4.78 is 15.3. The minimum atomic E-state index is -0.274. The first kappa shape index (κ1) is 10.9. The molecule has 0 aliphatic heterocycles. The van der Waals surface area contributed by atoms with Crippen molar-refractivity contribution in [2.45, 2.75) is 6.92 Å². The lowest BCUT2D eigenvalue weighted by Crippen LogP contribution is -1.82. The van der Waals surface area contributed by atoms with Crippen LogP contribution in [0.15, 0.2) is 28.9 Å². The molecule has 0 amide bonds. The summed E-state index contributed by atoms with van der Waals surface area (Å²) in [5.41, 5.74) is 1.66. The zero-order valence-electron chi connectivity index (χ0n) is 8.82. The third kappa shape index (κ3) is 1.87. The van der Waals surface area contributed by atoms with E-state index in [0.29, 0.717) is 4.47 Å². The van der Waals surface area contributed by atoms with Crippen LogP contribution in [0.5, 0.6) is 0 Å². The van der Waals surface area contributed by atoms with Gasteiger partial charge in [0.05, 0.1) is 16.4 Å². The van der Waals surface area contributed by atoms with Crippen molar-refractivity contribution in [2.75, 3.05) is 0 Å². The van der Waals surface area contributed by atoms with E-state index in [4.69, 9.17) is 0 Å². The largest absolute Gasteiger partial charge is 0.217 e. The molecular weight excluding hydrogens is 305 g/mol. The van der Waals surface area contributed by atoms with Gasteiger partial charge in [-0.05, 0) is 41.1 Å². The lowest BCUT2D eigenvalue weighted by Gasteiger charge is -1.98. The number of aromatic nitrogens is 3. The third-order valence-corrected chi connectivity index (χ3v) is 3.81. The van der Waals surface area contributed by atoms with Crippen molar-refractivity contribution < 1.29 is 4.39 Å². The van der Waals surface area contributed by atoms with E-state index in [-0.39, 0.29) is 5.82 Å². The van der Waals surface area contributed by atoms with Crippen LogP contribution in [0.1, 0.15) is 5.01 Å². The molecule has 0 bridgehead atoms. The summed E-state index contributed by atoms with van der Waals surface area (Å²) in [5, 5.41) is 5.26. The van der Waals surface area contributed by atoms with E-state index in [0.717, 1.165) is 21.2 Å². The molecule has 3 nitrogen and oxygen atoms in total. The van der Waals surface area contributed by atoms with Crippen LogP contribution >= 0.6 is 27.3 Å². The Balaban J connectivity index is 2.13. The van der Waals surface area contributed by atoms with Gasteiger partial charge in [-0.15, -0.1) is 0 Å². The van der Waals surface area contributed by atoms with Gasteiger partial charge < -0.3 is 0 Å². The summed E-state index contributed by atoms with van der Waals surface area (Å²) in [5.74, 6) is -0.274. The van der Waals surface area contributed by atoms with Crippen LogP contribution in [0.3, 0.4) is 0 Å². The molecule has 0 aliphatic carbocycles. The molecular formula is C11H7BrFN3S. The lowest BCUT2D eigenvalue weighted by molar-refractivity contribution is 0.621. The van der Waals surface area contributed by atoms with Gasteiger partial charge in [-0.25, -0.2) is 13.9 Å². The number of rotatable bonds is 1. The molecule has 0 spiro atoms. The fourth-order valence-electron chi connectivity index (χ4n) is 1.59. The monoisotopic (exact) mass is 311 g/mol. The van der Waals surface area contributed by atoms with Gasteiger partial charge in [0, 0.05) is 5.56 Å². The Morgan fingerprint density at radius 2 is 2.24 bits per heavy atom. The van der Waals surface area contributed by atoms with Gasteiger partial charge >= 0.3 is 0 Å². The highest BCUT2D eigenvalue weighted by Gasteiger charge is 2.09. The zero-order chi connectivity index (χ0) is 12.0. The normalized spacial score (nSPS) is 11.2. The molecule has 0 radical (unpaired) electrons. The molecule has 3 aromatic rings. The average Bonchev–Trinajstić information content (AvgIpc) is 2.79. The van der Waals surface area contributed by atoms with Crippen molar-refractivity contribution in [1.82, 2.24) is 14.6 Å². The summed E-state index contributed by atoms with van der Waals surface area (Å²) in [6.45, 7) is 1.94. The van der Waals surface area contributed by atoms with Gasteiger partial charge in [0.15, 0.2) is 0 Å². The van der Waals surface area contributed by atoms with Crippen LogP contribution < -0.4 is 0 Å². The molecule has 2 aromatic heterocycles. The molecule has 17 heavy (non-hydrogen) atoms. The van der Waals surface area contributed by atoms with Gasteiger partial charge in [-0.3, -0.25) is 0 Å². The predicted molar refractivity (Wildman–Crippen MR) is 68.7 cm³/mol. The molecule has 86 valence electrons. The Labute approximate surface area is 109 Å². The highest BCUT2D eigenvalue weighted by Crippen LogP contribution is 2.26. The van der Waals surface area contributed by atoms with Crippen molar-refractivity contribution in [3.63, 3.8) is 0 Å². The molecule has 3 rings (SSSR count). The highest BCUT2D eigenvalue weighted by molar-refractivity contribution is 9.10. The van der Waals surface area contributed by atoms with Gasteiger partial charge in [0.2, 0.25) is 4.96 Å². The number of halogens is 2. The Hall–Kier alpha value is -1.27. The number of hydrogen-bond donors (Lipinski definition) is 0. The first-order chi connectivity index (χ1) is 8.13. The number of benzene rings is 1. The summed E-state index contributed by atoms with van der Waals surface area (Å²) in [6, 6.07) is 4.85. The van der Waals surface area contributed by atoms with Crippen LogP contribution in [-0.2, 0) is 0 Å². The van der Waals surface area contributed by atoms with E-state index in [9.17, 15) is 4.39 Å². The molecule has 0 saturated heterocycles. The SMILES string of the molecule is Cc1nn2cc(-c3ccc(F)c(Br)c3)nc2s1. The van der Waals surface area contributed by atoms with Crippen molar-refractivity contribution in [3.8, 4) is 11.3 Å². The second-order valence-electron chi connectivity index (χ2n) is 3.60. The second-order valence-corrected chi connectivity index (χ2v) is 5.62. The van der Waals surface area contributed by atoms with Gasteiger partial charge in [-0.2, -0.15) is 5.10 Å². The van der Waals surface area contributed by atoms with E-state index in [2.05, 4.69) is 26.0 Å². The van der Waals surface area contributed by atoms with Crippen LogP contribution in [0.2, 0.25) is 0 Å². The minimum Gasteiger partial charge on any atom is -0.217 e. The van der Waals surface area contributed by atoms with E-state index in [1.165, 1.54) is 17.4 Å². The smallest absolute Gasteiger partial charge is 0.212 e. The molecule has 0 fully saturated rings. The molecule has 0 N–H and O–H groups in total. The number of fused-ring (bicyclic) bond motifs is 1. The molecule has 1 aromatic carbocycles. The highest BCUT2D eigenvalue weighted by atomic mass is 79.9. The fourth-order valence-corrected chi connectivity index (χ4v) is 2.70. The standard InChI is InChI=1S/C11H7BrFN3S/c1-6-15-16-5-10(14-11(16)17-6)7-2-3-9(13)8(12)4-7/h2-5H,1H3. The van der Waals surface area contributed by atoms with Crippen LogP contribution in [-0.4, -0.2) is 14.6 Å². The lowest BCUT2D eigenvalue weighted by atomic mass is 10.2. The predicted octanol–water partition coefficient (Wildman–Crippen LogP) is 3.67. The second kappa shape index (κ2) is 3.89. The fraction of sp³-hybridized carbons (Fsp3) is 0.0909. The number of nitrogens with zero attached hydrogens (tertiary/aromatic N) is 3. The number of aryl methyl sites for hydroxylation is 1. The Morgan fingerprint density at radius 3 is 2.94 bits per heavy atom. The number of imidazole rings is 1. The van der Waals surface area contributed by atoms with Crippen molar-refractivity contribution in [3.05, 3.63) is 39.7 Å². The van der Waals surface area contributed by atoms with E-state index in [1.807, 2.05) is 13.1 Å². The summed E-state index contributed by atoms with van der Waals surface area (Å²) >= 11 is 4.70. The summed E-state index contributed by atoms with van der Waals surface area (Å²) in [4.78, 5) is 5.30. The maximum absolute atomic E-state index is 13.1. The quantitative estimate of drug-likeness (QED) is 0.686. The molecule has 0 saturated carbocycles. The first-order valence-corrected chi connectivity index (χ1v) is 6.53.